The molecule has 6 heterocycles. The number of hydrogen-bond acceptors (Lipinski definition) is 9. The van der Waals surface area contributed by atoms with E-state index in [0.29, 0.717) is 47.6 Å². The summed E-state index contributed by atoms with van der Waals surface area (Å²) >= 11 is 0. The standard InChI is InChI=1S/C65H64FN7O4/c1-6-43-24-26-44(27-25-43)40-75-59-57(56-42(2)54(66)36-55-53(56)39-73(69-55)65(46-18-10-7-11-19-46,47-20-12-8-13-21-47)48-22-14-9-15-23-48)51(45-28-29-45)35-52-58(59)67-61(76-41-64-30-16-32-70(64)33-17-31-64)68-60(52)71-37-50-34-49(71)38-72(50)62(74)77-63(3,4)5/h1,7-15,18-27,35-36,39,45,49-50H,16-17,28-34,37-38,40-41H2,2-5H3/t49-,50-/m0/s1. The molecule has 12 heteroatoms. The molecule has 5 aliphatic rings. The summed E-state index contributed by atoms with van der Waals surface area (Å²) in [4.78, 5) is 31.3. The minimum atomic E-state index is -0.951. The molecule has 0 radical (unpaired) electrons. The van der Waals surface area contributed by atoms with E-state index in [2.05, 4.69) is 101 Å². The zero-order chi connectivity index (χ0) is 52.6. The minimum absolute atomic E-state index is 0.0182. The monoisotopic (exact) mass is 1030 g/mol. The summed E-state index contributed by atoms with van der Waals surface area (Å²) in [7, 11) is 0. The number of nitrogens with zero attached hydrogens (tertiary/aromatic N) is 7. The van der Waals surface area contributed by atoms with E-state index >= 15 is 4.39 Å². The molecule has 1 aliphatic carbocycles. The number of rotatable bonds is 13. The summed E-state index contributed by atoms with van der Waals surface area (Å²) in [5.41, 5.74) is 7.20. The first-order chi connectivity index (χ1) is 37.4. The van der Waals surface area contributed by atoms with E-state index in [1.807, 2.05) is 79.7 Å². The Morgan fingerprint density at radius 1 is 0.792 bits per heavy atom. The van der Waals surface area contributed by atoms with E-state index < -0.39 is 11.1 Å². The number of halogens is 1. The van der Waals surface area contributed by atoms with E-state index in [4.69, 9.17) is 35.7 Å². The number of likely N-dealkylation sites (tertiary alicyclic amines) is 1. The van der Waals surface area contributed by atoms with E-state index in [9.17, 15) is 4.79 Å². The van der Waals surface area contributed by atoms with Crippen LogP contribution in [0.4, 0.5) is 15.0 Å². The minimum Gasteiger partial charge on any atom is -0.486 e. The fourth-order valence-electron chi connectivity index (χ4n) is 13.3. The van der Waals surface area contributed by atoms with Gasteiger partial charge in [-0.05, 0) is 143 Å². The summed E-state index contributed by atoms with van der Waals surface area (Å²) in [6.45, 7) is 11.4. The molecule has 1 amide bonds. The lowest BCUT2D eigenvalue weighted by Gasteiger charge is -2.36. The lowest BCUT2D eigenvalue weighted by Crippen LogP contribution is -2.50. The third-order valence-corrected chi connectivity index (χ3v) is 17.1. The van der Waals surface area contributed by atoms with E-state index in [0.717, 1.165) is 114 Å². The SMILES string of the molecule is C#Cc1ccc(COc2c(-c3c(C)c(F)cc4nn(C(c5ccccc5)(c5ccccc5)c5ccccc5)cc34)c(C3CC3)cc3c(N4C[C@@H]5C[C@H]4CN5C(=O)OC(C)(C)C)nc(OCC45CCCN4CCC5)nc23)cc1. The highest BCUT2D eigenvalue weighted by atomic mass is 19.1. The summed E-state index contributed by atoms with van der Waals surface area (Å²) in [5, 5.41) is 7.06. The highest BCUT2D eigenvalue weighted by Crippen LogP contribution is 2.54. The molecule has 0 spiro atoms. The van der Waals surface area contributed by atoms with Crippen molar-refractivity contribution in [1.29, 1.82) is 0 Å². The van der Waals surface area contributed by atoms with Gasteiger partial charge in [-0.15, -0.1) is 6.42 Å². The van der Waals surface area contributed by atoms with Crippen molar-refractivity contribution in [2.24, 2.45) is 0 Å². The number of hydrogen-bond donors (Lipinski definition) is 0. The fourth-order valence-corrected chi connectivity index (χ4v) is 13.3. The molecular formula is C65H64FN7O4. The number of piperazine rings is 1. The van der Waals surface area contributed by atoms with Crippen LogP contribution < -0.4 is 14.4 Å². The van der Waals surface area contributed by atoms with Gasteiger partial charge < -0.3 is 24.0 Å². The normalized spacial score (nSPS) is 19.0. The lowest BCUT2D eigenvalue weighted by molar-refractivity contribution is 0.0214. The van der Waals surface area contributed by atoms with Gasteiger partial charge in [-0.3, -0.25) is 9.58 Å². The largest absolute Gasteiger partial charge is 0.486 e. The third kappa shape index (κ3) is 8.54. The summed E-state index contributed by atoms with van der Waals surface area (Å²) in [6, 6.07) is 43.2. The van der Waals surface area contributed by atoms with Gasteiger partial charge in [0.1, 0.15) is 41.5 Å². The molecule has 11 nitrogen and oxygen atoms in total. The first-order valence-electron chi connectivity index (χ1n) is 27.5. The number of anilines is 1. The molecule has 5 fully saturated rings. The Kier molecular flexibility index (Phi) is 12.1. The maximum absolute atomic E-state index is 17.3. The number of carbonyl (C=O) groups excluding carboxylic acids is 1. The summed E-state index contributed by atoms with van der Waals surface area (Å²) in [6.07, 6.45) is 14.7. The van der Waals surface area contributed by atoms with Gasteiger partial charge >= 0.3 is 12.1 Å². The van der Waals surface area contributed by atoms with Crippen molar-refractivity contribution < 1.29 is 23.4 Å². The van der Waals surface area contributed by atoms with Crippen molar-refractivity contribution in [3.05, 3.63) is 178 Å². The van der Waals surface area contributed by atoms with Crippen LogP contribution >= 0.6 is 0 Å². The van der Waals surface area contributed by atoms with Crippen molar-refractivity contribution in [3.63, 3.8) is 0 Å². The first kappa shape index (κ1) is 48.9. The second-order valence-electron chi connectivity index (χ2n) is 23.0. The van der Waals surface area contributed by atoms with Crippen molar-refractivity contribution in [3.8, 4) is 35.2 Å². The third-order valence-electron chi connectivity index (χ3n) is 17.1. The van der Waals surface area contributed by atoms with Crippen LogP contribution in [-0.4, -0.2) is 91.7 Å². The average Bonchev–Trinajstić information content (AvgIpc) is 4.07. The van der Waals surface area contributed by atoms with Crippen LogP contribution in [0.25, 0.3) is 32.9 Å². The summed E-state index contributed by atoms with van der Waals surface area (Å²) < 4.78 is 39.6. The zero-order valence-corrected chi connectivity index (χ0v) is 44.3. The van der Waals surface area contributed by atoms with Gasteiger partial charge in [-0.2, -0.15) is 15.1 Å². The number of amides is 1. The Hall–Kier alpha value is -7.75. The number of benzene rings is 6. The maximum atomic E-state index is 17.3. The van der Waals surface area contributed by atoms with Crippen LogP contribution in [0.5, 0.6) is 11.8 Å². The highest BCUT2D eigenvalue weighted by molar-refractivity contribution is 6.06. The topological polar surface area (TPSA) is 98.1 Å². The highest BCUT2D eigenvalue weighted by Gasteiger charge is 2.49. The van der Waals surface area contributed by atoms with Crippen LogP contribution in [-0.2, 0) is 16.9 Å². The van der Waals surface area contributed by atoms with Crippen molar-refractivity contribution in [2.75, 3.05) is 37.7 Å². The van der Waals surface area contributed by atoms with Crippen molar-refractivity contribution >= 4 is 33.7 Å². The number of aromatic nitrogens is 4. The first-order valence-corrected chi connectivity index (χ1v) is 27.5. The number of carbonyl (C=O) groups is 1. The molecule has 13 rings (SSSR count). The number of fused-ring (bicyclic) bond motifs is 5. The van der Waals surface area contributed by atoms with Crippen LogP contribution in [0.2, 0.25) is 0 Å². The maximum Gasteiger partial charge on any atom is 0.410 e. The number of ether oxygens (including phenoxy) is 3. The van der Waals surface area contributed by atoms with Crippen LogP contribution in [0.15, 0.2) is 134 Å². The molecule has 2 aromatic heterocycles. The second kappa shape index (κ2) is 19.1. The van der Waals surface area contributed by atoms with Gasteiger partial charge in [-0.1, -0.05) is 109 Å². The lowest BCUT2D eigenvalue weighted by atomic mass is 9.77. The molecule has 8 aromatic rings. The molecule has 1 saturated carbocycles. The molecule has 4 aliphatic heterocycles. The van der Waals surface area contributed by atoms with Gasteiger partial charge in [0.05, 0.1) is 23.1 Å². The van der Waals surface area contributed by atoms with Crippen LogP contribution in [0.3, 0.4) is 0 Å². The Morgan fingerprint density at radius 3 is 2.03 bits per heavy atom. The molecule has 0 N–H and O–H groups in total. The van der Waals surface area contributed by atoms with Crippen LogP contribution in [0.1, 0.15) is 111 Å². The average molecular weight is 1030 g/mol. The van der Waals surface area contributed by atoms with Crippen molar-refractivity contribution in [2.45, 2.75) is 114 Å². The molecule has 4 saturated heterocycles. The predicted octanol–water partition coefficient (Wildman–Crippen LogP) is 12.6. The van der Waals surface area contributed by atoms with E-state index in [1.54, 1.807) is 6.07 Å². The van der Waals surface area contributed by atoms with Crippen LogP contribution in [0, 0.1) is 25.1 Å². The summed E-state index contributed by atoms with van der Waals surface area (Å²) in [5.74, 6) is 3.82. The smallest absolute Gasteiger partial charge is 0.410 e. The molecule has 2 bridgehead atoms. The van der Waals surface area contributed by atoms with Crippen molar-refractivity contribution in [1.82, 2.24) is 29.5 Å². The van der Waals surface area contributed by atoms with Gasteiger partial charge in [0.2, 0.25) is 0 Å². The van der Waals surface area contributed by atoms with Gasteiger partial charge in [0.15, 0.2) is 5.75 Å². The molecule has 390 valence electrons. The van der Waals surface area contributed by atoms with E-state index in [1.165, 1.54) is 0 Å². The second-order valence-corrected chi connectivity index (χ2v) is 23.0. The fraction of sp³-hybridized carbons (Fsp3) is 0.354. The van der Waals surface area contributed by atoms with Gasteiger partial charge in [0.25, 0.3) is 0 Å². The number of terminal acetylenes is 1. The molecular weight excluding hydrogens is 962 g/mol. The zero-order valence-electron chi connectivity index (χ0n) is 44.3. The molecule has 6 aromatic carbocycles. The van der Waals surface area contributed by atoms with Gasteiger partial charge in [0, 0.05) is 52.8 Å². The van der Waals surface area contributed by atoms with E-state index in [-0.39, 0.29) is 48.1 Å². The Balaban J connectivity index is 1.05. The molecule has 0 unspecified atom stereocenters. The molecule has 2 atom stereocenters. The quantitative estimate of drug-likeness (QED) is 0.0826. The Bertz CT molecular complexity index is 3480. The Morgan fingerprint density at radius 2 is 1.44 bits per heavy atom. The predicted molar refractivity (Wildman–Crippen MR) is 299 cm³/mol. The molecule has 77 heavy (non-hydrogen) atoms. The van der Waals surface area contributed by atoms with Gasteiger partial charge in [-0.25, -0.2) is 9.18 Å². The Labute approximate surface area is 450 Å².